The summed E-state index contributed by atoms with van der Waals surface area (Å²) in [6.45, 7) is 4.44. The molecule has 0 aliphatic carbocycles. The Bertz CT molecular complexity index is 583. The first-order chi connectivity index (χ1) is 9.67. The summed E-state index contributed by atoms with van der Waals surface area (Å²) in [7, 11) is 0. The lowest BCUT2D eigenvalue weighted by Gasteiger charge is -2.08. The third kappa shape index (κ3) is 3.59. The minimum absolute atomic E-state index is 0.361. The van der Waals surface area contributed by atoms with Crippen LogP contribution in [0, 0.1) is 0 Å². The number of aryl methyl sites for hydroxylation is 1. The van der Waals surface area contributed by atoms with Gasteiger partial charge in [0.15, 0.2) is 0 Å². The quantitative estimate of drug-likeness (QED) is 0.531. The summed E-state index contributed by atoms with van der Waals surface area (Å²) in [6, 6.07) is 3.62. The molecule has 0 atom stereocenters. The van der Waals surface area contributed by atoms with Gasteiger partial charge in [0.25, 0.3) is 0 Å². The van der Waals surface area contributed by atoms with E-state index in [9.17, 15) is 0 Å². The number of nitrogens with zero attached hydrogens (tertiary/aromatic N) is 2. The molecule has 0 amide bonds. The van der Waals surface area contributed by atoms with Crippen molar-refractivity contribution in [3.8, 4) is 0 Å². The zero-order chi connectivity index (χ0) is 14.5. The lowest BCUT2D eigenvalue weighted by Crippen LogP contribution is -2.06. The molecule has 6 heteroatoms. The first-order valence-electron chi connectivity index (χ1n) is 6.65. The summed E-state index contributed by atoms with van der Waals surface area (Å²) < 4.78 is 7.58. The monoisotopic (exact) mass is 334 g/mol. The smallest absolute Gasteiger partial charge is 0.124 e. The van der Waals surface area contributed by atoms with Crippen LogP contribution in [0.25, 0.3) is 11.0 Å². The fraction of sp³-hybridized carbons (Fsp3) is 0.500. The fourth-order valence-electron chi connectivity index (χ4n) is 2.09. The number of ether oxygens (including phenoxy) is 1. The topological polar surface area (TPSA) is 27.1 Å². The van der Waals surface area contributed by atoms with Crippen molar-refractivity contribution in [2.24, 2.45) is 0 Å². The van der Waals surface area contributed by atoms with Crippen LogP contribution in [-0.4, -0.2) is 22.8 Å². The molecular formula is C14H17Cl3N2O. The van der Waals surface area contributed by atoms with Crippen LogP contribution in [0.15, 0.2) is 12.1 Å². The van der Waals surface area contributed by atoms with E-state index in [1.165, 1.54) is 0 Å². The minimum Gasteiger partial charge on any atom is -0.381 e. The standard InChI is InChI=1S/C14H17Cl3N2O/c1-2-5-20-6-3-4-19-13-8-11(17)10(16)7-12(13)18-14(19)9-15/h7-8H,2-6,9H2,1H3. The summed E-state index contributed by atoms with van der Waals surface area (Å²) in [6.07, 6.45) is 1.95. The number of aromatic nitrogens is 2. The van der Waals surface area contributed by atoms with Gasteiger partial charge in [-0.15, -0.1) is 11.6 Å². The fourth-order valence-corrected chi connectivity index (χ4v) is 2.61. The van der Waals surface area contributed by atoms with Crippen LogP contribution in [0.4, 0.5) is 0 Å². The van der Waals surface area contributed by atoms with Crippen LogP contribution in [-0.2, 0) is 17.2 Å². The van der Waals surface area contributed by atoms with Crippen LogP contribution in [0.3, 0.4) is 0 Å². The van der Waals surface area contributed by atoms with Crippen molar-refractivity contribution >= 4 is 45.8 Å². The Morgan fingerprint density at radius 1 is 1.20 bits per heavy atom. The molecule has 0 spiro atoms. The van der Waals surface area contributed by atoms with Crippen LogP contribution < -0.4 is 0 Å². The lowest BCUT2D eigenvalue weighted by atomic mass is 10.3. The molecule has 2 aromatic rings. The Labute approximate surface area is 133 Å². The predicted molar refractivity (Wildman–Crippen MR) is 85.0 cm³/mol. The Morgan fingerprint density at radius 2 is 1.95 bits per heavy atom. The number of benzene rings is 1. The number of hydrogen-bond acceptors (Lipinski definition) is 2. The highest BCUT2D eigenvalue weighted by Crippen LogP contribution is 2.28. The SMILES string of the molecule is CCCOCCCn1c(CCl)nc2cc(Cl)c(Cl)cc21. The highest BCUT2D eigenvalue weighted by molar-refractivity contribution is 6.42. The van der Waals surface area contributed by atoms with Gasteiger partial charge in [0.2, 0.25) is 0 Å². The molecule has 1 aromatic carbocycles. The predicted octanol–water partition coefficient (Wildman–Crippen LogP) is 4.90. The molecule has 2 rings (SSSR count). The highest BCUT2D eigenvalue weighted by atomic mass is 35.5. The third-order valence-electron chi connectivity index (χ3n) is 3.01. The largest absolute Gasteiger partial charge is 0.381 e. The van der Waals surface area contributed by atoms with E-state index in [1.54, 1.807) is 6.07 Å². The van der Waals surface area contributed by atoms with Crippen molar-refractivity contribution in [1.82, 2.24) is 9.55 Å². The lowest BCUT2D eigenvalue weighted by molar-refractivity contribution is 0.129. The van der Waals surface area contributed by atoms with Gasteiger partial charge in [-0.25, -0.2) is 4.98 Å². The zero-order valence-corrected chi connectivity index (χ0v) is 13.6. The molecule has 0 aliphatic rings. The molecule has 1 heterocycles. The van der Waals surface area contributed by atoms with Gasteiger partial charge in [-0.1, -0.05) is 30.1 Å². The van der Waals surface area contributed by atoms with Crippen LogP contribution >= 0.6 is 34.8 Å². The highest BCUT2D eigenvalue weighted by Gasteiger charge is 2.12. The molecule has 1 aromatic heterocycles. The normalized spacial score (nSPS) is 11.4. The number of imidazole rings is 1. The first-order valence-corrected chi connectivity index (χ1v) is 7.94. The second-order valence-corrected chi connectivity index (χ2v) is 5.62. The third-order valence-corrected chi connectivity index (χ3v) is 3.97. The molecule has 0 unspecified atom stereocenters. The maximum Gasteiger partial charge on any atom is 0.124 e. The molecule has 3 nitrogen and oxygen atoms in total. The number of rotatable bonds is 7. The first kappa shape index (κ1) is 15.9. The number of fused-ring (bicyclic) bond motifs is 1. The molecular weight excluding hydrogens is 319 g/mol. The molecule has 0 saturated heterocycles. The van der Waals surface area contributed by atoms with Crippen molar-refractivity contribution in [1.29, 1.82) is 0 Å². The van der Waals surface area contributed by atoms with Gasteiger partial charge in [0.1, 0.15) is 5.82 Å². The number of hydrogen-bond donors (Lipinski definition) is 0. The van der Waals surface area contributed by atoms with E-state index in [0.29, 0.717) is 15.9 Å². The van der Waals surface area contributed by atoms with E-state index in [4.69, 9.17) is 39.5 Å². The Kier molecular flexibility index (Phi) is 5.97. The van der Waals surface area contributed by atoms with E-state index in [1.807, 2.05) is 6.07 Å². The van der Waals surface area contributed by atoms with Gasteiger partial charge >= 0.3 is 0 Å². The van der Waals surface area contributed by atoms with Crippen molar-refractivity contribution in [2.45, 2.75) is 32.2 Å². The zero-order valence-electron chi connectivity index (χ0n) is 11.3. The van der Waals surface area contributed by atoms with Gasteiger partial charge in [-0.3, -0.25) is 0 Å². The second kappa shape index (κ2) is 7.51. The maximum atomic E-state index is 6.08. The summed E-state index contributed by atoms with van der Waals surface area (Å²) >= 11 is 18.1. The molecule has 0 radical (unpaired) electrons. The van der Waals surface area contributed by atoms with Crippen molar-refractivity contribution in [3.05, 3.63) is 28.0 Å². The van der Waals surface area contributed by atoms with Gasteiger partial charge in [0, 0.05) is 19.8 Å². The molecule has 20 heavy (non-hydrogen) atoms. The van der Waals surface area contributed by atoms with Crippen LogP contribution in [0.2, 0.25) is 10.0 Å². The van der Waals surface area contributed by atoms with E-state index >= 15 is 0 Å². The Balaban J connectivity index is 2.19. The van der Waals surface area contributed by atoms with E-state index in [0.717, 1.165) is 49.5 Å². The Hall–Kier alpha value is -0.480. The average Bonchev–Trinajstić information content (AvgIpc) is 2.76. The van der Waals surface area contributed by atoms with Crippen LogP contribution in [0.5, 0.6) is 0 Å². The summed E-state index contributed by atoms with van der Waals surface area (Å²) in [4.78, 5) is 4.50. The molecule has 0 aliphatic heterocycles. The molecule has 0 bridgehead atoms. The molecule has 0 fully saturated rings. The second-order valence-electron chi connectivity index (χ2n) is 4.53. The van der Waals surface area contributed by atoms with Crippen molar-refractivity contribution < 1.29 is 4.74 Å². The van der Waals surface area contributed by atoms with Crippen molar-refractivity contribution in [3.63, 3.8) is 0 Å². The van der Waals surface area contributed by atoms with E-state index < -0.39 is 0 Å². The van der Waals surface area contributed by atoms with E-state index in [2.05, 4.69) is 16.5 Å². The van der Waals surface area contributed by atoms with E-state index in [-0.39, 0.29) is 0 Å². The number of halogens is 3. The van der Waals surface area contributed by atoms with Crippen molar-refractivity contribution in [2.75, 3.05) is 13.2 Å². The maximum absolute atomic E-state index is 6.08. The van der Waals surface area contributed by atoms with Gasteiger partial charge < -0.3 is 9.30 Å². The van der Waals surface area contributed by atoms with Gasteiger partial charge in [-0.05, 0) is 25.0 Å². The van der Waals surface area contributed by atoms with Gasteiger partial charge in [-0.2, -0.15) is 0 Å². The summed E-state index contributed by atoms with van der Waals surface area (Å²) in [5.74, 6) is 1.19. The number of alkyl halides is 1. The molecule has 110 valence electrons. The minimum atomic E-state index is 0.361. The summed E-state index contributed by atoms with van der Waals surface area (Å²) in [5, 5.41) is 1.04. The molecule has 0 N–H and O–H groups in total. The summed E-state index contributed by atoms with van der Waals surface area (Å²) in [5.41, 5.74) is 1.79. The average molecular weight is 336 g/mol. The van der Waals surface area contributed by atoms with Gasteiger partial charge in [0.05, 0.1) is 27.0 Å². The Morgan fingerprint density at radius 3 is 2.65 bits per heavy atom. The van der Waals surface area contributed by atoms with Crippen LogP contribution in [0.1, 0.15) is 25.6 Å². The molecule has 0 saturated carbocycles.